The Bertz CT molecular complexity index is 1090. The lowest BCUT2D eigenvalue weighted by Gasteiger charge is -2.38. The molecule has 2 aromatic rings. The van der Waals surface area contributed by atoms with Gasteiger partial charge in [0.2, 0.25) is 5.91 Å². The molecule has 0 fully saturated rings. The summed E-state index contributed by atoms with van der Waals surface area (Å²) in [5, 5.41) is 15.5. The van der Waals surface area contributed by atoms with E-state index < -0.39 is 29.7 Å². The van der Waals surface area contributed by atoms with Crippen LogP contribution in [0, 0.1) is 12.8 Å². The van der Waals surface area contributed by atoms with Crippen molar-refractivity contribution in [2.75, 3.05) is 5.32 Å². The minimum atomic E-state index is -1.01. The highest BCUT2D eigenvalue weighted by Crippen LogP contribution is 2.30. The molecule has 0 saturated carbocycles. The Labute approximate surface area is 226 Å². The standard InChI is InChI=1S/C30H43N3O5/c1-19(2)13-14-21(4)33(28(36)22(5)31-29(37)38-30(6,7)8)26(23-15-17-24(34)18-16-23)27(35)32-25-12-10-9-11-20(25)3/h9-12,15-19,21-22,26,34H,13-14H2,1-8H3,(H,31,37)(H,32,35). The number of amides is 3. The van der Waals surface area contributed by atoms with Crippen molar-refractivity contribution in [3.05, 3.63) is 59.7 Å². The average molecular weight is 526 g/mol. The van der Waals surface area contributed by atoms with Crippen LogP contribution in [0.1, 0.15) is 78.5 Å². The Morgan fingerprint density at radius 1 is 0.947 bits per heavy atom. The van der Waals surface area contributed by atoms with Gasteiger partial charge in [-0.1, -0.05) is 44.2 Å². The number of nitrogens with zero attached hydrogens (tertiary/aromatic N) is 1. The number of para-hydroxylation sites is 1. The largest absolute Gasteiger partial charge is 0.508 e. The van der Waals surface area contributed by atoms with E-state index in [-0.39, 0.29) is 17.7 Å². The molecule has 0 aliphatic carbocycles. The first kappa shape index (κ1) is 30.7. The lowest BCUT2D eigenvalue weighted by Crippen LogP contribution is -2.54. The van der Waals surface area contributed by atoms with Gasteiger partial charge < -0.3 is 25.4 Å². The predicted molar refractivity (Wildman–Crippen MR) is 150 cm³/mol. The van der Waals surface area contributed by atoms with E-state index in [0.717, 1.165) is 12.0 Å². The van der Waals surface area contributed by atoms with Gasteiger partial charge in [-0.2, -0.15) is 0 Å². The molecular weight excluding hydrogens is 482 g/mol. The van der Waals surface area contributed by atoms with Gasteiger partial charge >= 0.3 is 6.09 Å². The summed E-state index contributed by atoms with van der Waals surface area (Å²) in [7, 11) is 0. The third kappa shape index (κ3) is 9.08. The van der Waals surface area contributed by atoms with Crippen molar-refractivity contribution < 1.29 is 24.2 Å². The number of aryl methyl sites for hydroxylation is 1. The molecule has 0 aliphatic rings. The first-order valence-corrected chi connectivity index (χ1v) is 13.2. The van der Waals surface area contributed by atoms with Gasteiger partial charge in [-0.15, -0.1) is 0 Å². The van der Waals surface area contributed by atoms with Gasteiger partial charge in [0.15, 0.2) is 0 Å². The summed E-state index contributed by atoms with van der Waals surface area (Å²) in [6.45, 7) is 14.8. The fourth-order valence-corrected chi connectivity index (χ4v) is 4.09. The number of phenols is 1. The number of phenolic OH excluding ortho intramolecular Hbond substituents is 1. The molecule has 3 amide bonds. The monoisotopic (exact) mass is 525 g/mol. The zero-order valence-electron chi connectivity index (χ0n) is 23.9. The van der Waals surface area contributed by atoms with Crippen molar-refractivity contribution in [3.8, 4) is 5.75 Å². The molecule has 208 valence electrons. The molecule has 0 aromatic heterocycles. The number of hydrogen-bond acceptors (Lipinski definition) is 5. The van der Waals surface area contributed by atoms with Crippen LogP contribution < -0.4 is 10.6 Å². The third-order valence-electron chi connectivity index (χ3n) is 6.13. The van der Waals surface area contributed by atoms with Gasteiger partial charge in [-0.3, -0.25) is 9.59 Å². The zero-order valence-corrected chi connectivity index (χ0v) is 23.9. The van der Waals surface area contributed by atoms with Crippen LogP contribution in [-0.2, 0) is 14.3 Å². The number of carbonyl (C=O) groups is 3. The van der Waals surface area contributed by atoms with Gasteiger partial charge in [-0.05, 0) is 89.6 Å². The molecule has 0 heterocycles. The molecule has 0 saturated heterocycles. The minimum Gasteiger partial charge on any atom is -0.508 e. The maximum atomic E-state index is 14.0. The Morgan fingerprint density at radius 2 is 1.55 bits per heavy atom. The van der Waals surface area contributed by atoms with Crippen LogP contribution in [0.5, 0.6) is 5.75 Å². The molecule has 0 aliphatic heterocycles. The molecule has 3 N–H and O–H groups in total. The van der Waals surface area contributed by atoms with Gasteiger partial charge in [0.25, 0.3) is 5.91 Å². The van der Waals surface area contributed by atoms with Crippen LogP contribution in [-0.4, -0.2) is 45.6 Å². The molecular formula is C30H43N3O5. The van der Waals surface area contributed by atoms with Crippen molar-refractivity contribution in [2.24, 2.45) is 5.92 Å². The number of anilines is 1. The Kier molecular flexibility index (Phi) is 10.7. The number of nitrogens with one attached hydrogen (secondary N) is 2. The molecule has 0 spiro atoms. The van der Waals surface area contributed by atoms with Crippen molar-refractivity contribution in [1.29, 1.82) is 0 Å². The zero-order chi connectivity index (χ0) is 28.6. The van der Waals surface area contributed by atoms with Crippen LogP contribution >= 0.6 is 0 Å². The number of aromatic hydroxyl groups is 1. The van der Waals surface area contributed by atoms with E-state index in [1.165, 1.54) is 12.1 Å². The maximum absolute atomic E-state index is 14.0. The summed E-state index contributed by atoms with van der Waals surface area (Å²) >= 11 is 0. The fraction of sp³-hybridized carbons (Fsp3) is 0.500. The maximum Gasteiger partial charge on any atom is 0.408 e. The lowest BCUT2D eigenvalue weighted by atomic mass is 9.97. The van der Waals surface area contributed by atoms with Crippen molar-refractivity contribution in [2.45, 2.75) is 92.0 Å². The first-order valence-electron chi connectivity index (χ1n) is 13.2. The van der Waals surface area contributed by atoms with Crippen LogP contribution in [0.2, 0.25) is 0 Å². The summed E-state index contributed by atoms with van der Waals surface area (Å²) in [4.78, 5) is 41.9. The number of benzene rings is 2. The second kappa shape index (κ2) is 13.3. The summed E-state index contributed by atoms with van der Waals surface area (Å²) in [6.07, 6.45) is 0.800. The number of ether oxygens (including phenoxy) is 1. The Balaban J connectivity index is 2.51. The topological polar surface area (TPSA) is 108 Å². The summed E-state index contributed by atoms with van der Waals surface area (Å²) in [5.74, 6) is -0.346. The van der Waals surface area contributed by atoms with Crippen LogP contribution in [0.25, 0.3) is 0 Å². The average Bonchev–Trinajstić information content (AvgIpc) is 2.81. The molecule has 0 bridgehead atoms. The van der Waals surface area contributed by atoms with Crippen molar-refractivity contribution >= 4 is 23.6 Å². The molecule has 2 rings (SSSR count). The van der Waals surface area contributed by atoms with Gasteiger partial charge in [0, 0.05) is 11.7 Å². The smallest absolute Gasteiger partial charge is 0.408 e. The van der Waals surface area contributed by atoms with E-state index in [9.17, 15) is 19.5 Å². The number of alkyl carbamates (subject to hydrolysis) is 1. The van der Waals surface area contributed by atoms with Crippen molar-refractivity contribution in [3.63, 3.8) is 0 Å². The SMILES string of the molecule is Cc1ccccc1NC(=O)C(c1ccc(O)cc1)N(C(=O)C(C)NC(=O)OC(C)(C)C)C(C)CCC(C)C. The molecule has 8 nitrogen and oxygen atoms in total. The molecule has 8 heteroatoms. The molecule has 3 atom stereocenters. The van der Waals surface area contributed by atoms with E-state index in [2.05, 4.69) is 24.5 Å². The summed E-state index contributed by atoms with van der Waals surface area (Å²) in [5.41, 5.74) is 1.35. The number of carbonyl (C=O) groups excluding carboxylic acids is 3. The van der Waals surface area contributed by atoms with Gasteiger partial charge in [0.05, 0.1) is 0 Å². The quantitative estimate of drug-likeness (QED) is 0.355. The van der Waals surface area contributed by atoms with E-state index in [4.69, 9.17) is 4.74 Å². The third-order valence-corrected chi connectivity index (χ3v) is 6.13. The van der Waals surface area contributed by atoms with E-state index in [1.54, 1.807) is 44.7 Å². The number of rotatable bonds is 10. The predicted octanol–water partition coefficient (Wildman–Crippen LogP) is 5.95. The molecule has 0 radical (unpaired) electrons. The summed E-state index contributed by atoms with van der Waals surface area (Å²) in [6, 6.07) is 11.4. The van der Waals surface area contributed by atoms with Crippen LogP contribution in [0.4, 0.5) is 10.5 Å². The van der Waals surface area contributed by atoms with Crippen LogP contribution in [0.15, 0.2) is 48.5 Å². The second-order valence-electron chi connectivity index (χ2n) is 11.2. The summed E-state index contributed by atoms with van der Waals surface area (Å²) < 4.78 is 5.35. The van der Waals surface area contributed by atoms with Crippen molar-refractivity contribution in [1.82, 2.24) is 10.2 Å². The Hall–Kier alpha value is -3.55. The highest BCUT2D eigenvalue weighted by molar-refractivity contribution is 5.99. The first-order chi connectivity index (χ1) is 17.7. The van der Waals surface area contributed by atoms with E-state index in [1.807, 2.05) is 38.1 Å². The lowest BCUT2D eigenvalue weighted by molar-refractivity contribution is -0.143. The Morgan fingerprint density at radius 3 is 2.11 bits per heavy atom. The molecule has 38 heavy (non-hydrogen) atoms. The van der Waals surface area contributed by atoms with Gasteiger partial charge in [-0.25, -0.2) is 4.79 Å². The number of hydrogen-bond donors (Lipinski definition) is 3. The highest BCUT2D eigenvalue weighted by Gasteiger charge is 2.37. The normalized spacial score (nSPS) is 13.8. The second-order valence-corrected chi connectivity index (χ2v) is 11.2. The highest BCUT2D eigenvalue weighted by atomic mass is 16.6. The van der Waals surface area contributed by atoms with E-state index >= 15 is 0 Å². The van der Waals surface area contributed by atoms with Crippen LogP contribution in [0.3, 0.4) is 0 Å². The van der Waals surface area contributed by atoms with E-state index in [0.29, 0.717) is 23.6 Å². The molecule has 2 aromatic carbocycles. The minimum absolute atomic E-state index is 0.0532. The van der Waals surface area contributed by atoms with Gasteiger partial charge in [0.1, 0.15) is 23.4 Å². The molecule has 3 unspecified atom stereocenters. The fourth-order valence-electron chi connectivity index (χ4n) is 4.09.